The zero-order valence-corrected chi connectivity index (χ0v) is 10.6. The van der Waals surface area contributed by atoms with Crippen molar-refractivity contribution in [2.75, 3.05) is 19.9 Å². The first-order valence-electron chi connectivity index (χ1n) is 5.00. The molecule has 0 aliphatic carbocycles. The molecule has 1 rings (SSSR count). The van der Waals surface area contributed by atoms with E-state index in [1.54, 1.807) is 25.9 Å². The fourth-order valence-electron chi connectivity index (χ4n) is 1.06. The van der Waals surface area contributed by atoms with Gasteiger partial charge in [0.1, 0.15) is 11.3 Å². The Labute approximate surface area is 101 Å². The summed E-state index contributed by atoms with van der Waals surface area (Å²) in [5, 5.41) is 12.0. The van der Waals surface area contributed by atoms with Gasteiger partial charge in [-0.15, -0.1) is 11.8 Å². The molecule has 1 aromatic rings. The van der Waals surface area contributed by atoms with Gasteiger partial charge in [0.15, 0.2) is 0 Å². The summed E-state index contributed by atoms with van der Waals surface area (Å²) in [6.45, 7) is 1.89. The molecule has 0 fully saturated rings. The molecular weight excluding hydrogens is 220 g/mol. The van der Waals surface area contributed by atoms with E-state index in [4.69, 9.17) is 10.00 Å². The van der Waals surface area contributed by atoms with Crippen LogP contribution in [-0.2, 0) is 0 Å². The Kier molecular flexibility index (Phi) is 4.66. The summed E-state index contributed by atoms with van der Waals surface area (Å²) in [5.41, 5.74) is -0.482. The van der Waals surface area contributed by atoms with Gasteiger partial charge >= 0.3 is 0 Å². The second kappa shape index (κ2) is 5.78. The molecule has 0 aliphatic heterocycles. The number of ether oxygens (including phenoxy) is 1. The second-order valence-electron chi connectivity index (χ2n) is 3.66. The maximum atomic E-state index is 9.00. The maximum absolute atomic E-state index is 9.00. The molecule has 1 aromatic carbocycles. The summed E-state index contributed by atoms with van der Waals surface area (Å²) >= 11 is 1.66. The fourth-order valence-corrected chi connectivity index (χ4v) is 2.05. The van der Waals surface area contributed by atoms with Crippen LogP contribution in [0, 0.1) is 11.3 Å². The molecule has 0 heterocycles. The van der Waals surface area contributed by atoms with Gasteiger partial charge in [-0.1, -0.05) is 0 Å². The fraction of sp³-hybridized carbons (Fsp3) is 0.417. The Hall–Kier alpha value is -1.18. The van der Waals surface area contributed by atoms with Crippen LogP contribution in [0.5, 0.6) is 5.75 Å². The standard InChI is InChI=1S/C12H16N2OS/c1-12(8-13,14-2)9-16-11-6-4-10(15-3)5-7-11/h4-7,14H,9H2,1-3H3. The minimum atomic E-state index is -0.482. The van der Waals surface area contributed by atoms with Crippen molar-refractivity contribution in [2.24, 2.45) is 0 Å². The van der Waals surface area contributed by atoms with Crippen molar-refractivity contribution >= 4 is 11.8 Å². The Morgan fingerprint density at radius 1 is 1.44 bits per heavy atom. The van der Waals surface area contributed by atoms with Gasteiger partial charge in [0.25, 0.3) is 0 Å². The Balaban J connectivity index is 2.58. The molecule has 0 aliphatic rings. The van der Waals surface area contributed by atoms with Crippen molar-refractivity contribution in [1.82, 2.24) is 5.32 Å². The molecule has 1 unspecified atom stereocenters. The van der Waals surface area contributed by atoms with Crippen LogP contribution in [0.15, 0.2) is 29.2 Å². The molecule has 86 valence electrons. The quantitative estimate of drug-likeness (QED) is 0.797. The summed E-state index contributed by atoms with van der Waals surface area (Å²) in [5.74, 6) is 1.56. The highest BCUT2D eigenvalue weighted by molar-refractivity contribution is 7.99. The molecule has 0 bridgehead atoms. The van der Waals surface area contributed by atoms with Crippen LogP contribution >= 0.6 is 11.8 Å². The van der Waals surface area contributed by atoms with Crippen molar-refractivity contribution in [3.8, 4) is 11.8 Å². The van der Waals surface area contributed by atoms with Gasteiger partial charge in [-0.3, -0.25) is 0 Å². The van der Waals surface area contributed by atoms with Gasteiger partial charge in [0.2, 0.25) is 0 Å². The summed E-state index contributed by atoms with van der Waals surface area (Å²) in [6, 6.07) is 10.1. The highest BCUT2D eigenvalue weighted by Gasteiger charge is 2.20. The Bertz CT molecular complexity index is 372. The van der Waals surface area contributed by atoms with Gasteiger partial charge in [-0.25, -0.2) is 0 Å². The third-order valence-electron chi connectivity index (χ3n) is 2.39. The van der Waals surface area contributed by atoms with Crippen LogP contribution in [0.1, 0.15) is 6.92 Å². The van der Waals surface area contributed by atoms with Crippen LogP contribution in [-0.4, -0.2) is 25.4 Å². The maximum Gasteiger partial charge on any atom is 0.118 e. The van der Waals surface area contributed by atoms with E-state index >= 15 is 0 Å². The minimum absolute atomic E-state index is 0.482. The number of nitrogens with zero attached hydrogens (tertiary/aromatic N) is 1. The van der Waals surface area contributed by atoms with Gasteiger partial charge in [0.05, 0.1) is 13.2 Å². The molecule has 1 N–H and O–H groups in total. The van der Waals surface area contributed by atoms with E-state index in [1.807, 2.05) is 31.2 Å². The molecule has 0 saturated heterocycles. The lowest BCUT2D eigenvalue weighted by atomic mass is 10.1. The zero-order valence-electron chi connectivity index (χ0n) is 9.78. The molecule has 4 heteroatoms. The molecular formula is C12H16N2OS. The van der Waals surface area contributed by atoms with Crippen molar-refractivity contribution < 1.29 is 4.74 Å². The smallest absolute Gasteiger partial charge is 0.118 e. The number of thioether (sulfide) groups is 1. The SMILES string of the molecule is CNC(C)(C#N)CSc1ccc(OC)cc1. The largest absolute Gasteiger partial charge is 0.497 e. The van der Waals surface area contributed by atoms with Gasteiger partial charge < -0.3 is 10.1 Å². The lowest BCUT2D eigenvalue weighted by Gasteiger charge is -2.19. The van der Waals surface area contributed by atoms with E-state index in [0.717, 1.165) is 10.6 Å². The Morgan fingerprint density at radius 3 is 2.50 bits per heavy atom. The summed E-state index contributed by atoms with van der Waals surface area (Å²) in [7, 11) is 3.45. The van der Waals surface area contributed by atoms with E-state index in [0.29, 0.717) is 5.75 Å². The van der Waals surface area contributed by atoms with Gasteiger partial charge in [-0.05, 0) is 38.2 Å². The van der Waals surface area contributed by atoms with E-state index < -0.39 is 5.54 Å². The molecule has 16 heavy (non-hydrogen) atoms. The van der Waals surface area contributed by atoms with Crippen molar-refractivity contribution in [3.63, 3.8) is 0 Å². The van der Waals surface area contributed by atoms with Crippen LogP contribution < -0.4 is 10.1 Å². The predicted octanol–water partition coefficient (Wildman–Crippen LogP) is 2.29. The predicted molar refractivity (Wildman–Crippen MR) is 66.8 cm³/mol. The normalized spacial score (nSPS) is 13.9. The highest BCUT2D eigenvalue weighted by atomic mass is 32.2. The van der Waals surface area contributed by atoms with Crippen LogP contribution in [0.2, 0.25) is 0 Å². The van der Waals surface area contributed by atoms with E-state index in [-0.39, 0.29) is 0 Å². The monoisotopic (exact) mass is 236 g/mol. The molecule has 0 spiro atoms. The average molecular weight is 236 g/mol. The molecule has 0 aromatic heterocycles. The number of nitriles is 1. The number of rotatable bonds is 5. The first-order valence-corrected chi connectivity index (χ1v) is 5.99. The van der Waals surface area contributed by atoms with Crippen molar-refractivity contribution in [3.05, 3.63) is 24.3 Å². The number of hydrogen-bond acceptors (Lipinski definition) is 4. The van der Waals surface area contributed by atoms with Crippen LogP contribution in [0.25, 0.3) is 0 Å². The lowest BCUT2D eigenvalue weighted by Crippen LogP contribution is -2.40. The molecule has 0 saturated carbocycles. The van der Waals surface area contributed by atoms with Crippen molar-refractivity contribution in [2.45, 2.75) is 17.4 Å². The average Bonchev–Trinajstić information content (AvgIpc) is 2.36. The van der Waals surface area contributed by atoms with E-state index in [9.17, 15) is 0 Å². The minimum Gasteiger partial charge on any atom is -0.497 e. The summed E-state index contributed by atoms with van der Waals surface area (Å²) in [6.07, 6.45) is 0. The van der Waals surface area contributed by atoms with E-state index in [1.165, 1.54) is 0 Å². The lowest BCUT2D eigenvalue weighted by molar-refractivity contribution is 0.414. The van der Waals surface area contributed by atoms with Crippen LogP contribution in [0.3, 0.4) is 0 Å². The second-order valence-corrected chi connectivity index (χ2v) is 4.71. The number of methoxy groups -OCH3 is 1. The summed E-state index contributed by atoms with van der Waals surface area (Å²) in [4.78, 5) is 1.14. The van der Waals surface area contributed by atoms with Crippen molar-refractivity contribution in [1.29, 1.82) is 5.26 Å². The zero-order chi connectivity index (χ0) is 12.0. The van der Waals surface area contributed by atoms with Gasteiger partial charge in [-0.2, -0.15) is 5.26 Å². The number of benzene rings is 1. The number of hydrogen-bond donors (Lipinski definition) is 1. The molecule has 0 amide bonds. The third kappa shape index (κ3) is 3.44. The first kappa shape index (κ1) is 12.9. The third-order valence-corrected chi connectivity index (χ3v) is 3.71. The van der Waals surface area contributed by atoms with Crippen LogP contribution in [0.4, 0.5) is 0 Å². The number of nitrogens with one attached hydrogen (secondary N) is 1. The highest BCUT2D eigenvalue weighted by Crippen LogP contribution is 2.24. The Morgan fingerprint density at radius 2 is 2.06 bits per heavy atom. The van der Waals surface area contributed by atoms with Gasteiger partial charge in [0, 0.05) is 10.6 Å². The first-order chi connectivity index (χ1) is 7.63. The van der Waals surface area contributed by atoms with E-state index in [2.05, 4.69) is 11.4 Å². The molecule has 1 atom stereocenters. The molecule has 0 radical (unpaired) electrons. The molecule has 3 nitrogen and oxygen atoms in total. The topological polar surface area (TPSA) is 45.0 Å². The summed E-state index contributed by atoms with van der Waals surface area (Å²) < 4.78 is 5.08.